The summed E-state index contributed by atoms with van der Waals surface area (Å²) >= 11 is 11.9. The van der Waals surface area contributed by atoms with E-state index < -0.39 is 5.91 Å². The molecule has 7 heteroatoms. The van der Waals surface area contributed by atoms with Crippen LogP contribution in [0.25, 0.3) is 0 Å². The number of phenolic OH excluding ortho intramolecular Hbond substituents is 1. The number of amides is 1. The summed E-state index contributed by atoms with van der Waals surface area (Å²) in [6.45, 7) is 3.84. The second kappa shape index (κ2) is 6.73. The van der Waals surface area contributed by atoms with Gasteiger partial charge in [0.15, 0.2) is 11.5 Å². The fraction of sp³-hybridized carbons (Fsp3) is 0.500. The number of halogens is 2. The molecule has 1 atom stereocenters. The number of ether oxygens (including phenoxy) is 1. The van der Waals surface area contributed by atoms with E-state index in [9.17, 15) is 9.90 Å². The molecule has 1 amide bonds. The molecule has 0 bridgehead atoms. The lowest BCUT2D eigenvalue weighted by Crippen LogP contribution is -2.44. The SMILES string of the molecule is CCN1CCC[C@H]1NC(=O)c1c(O)c(Cl)cc(Cl)c1OC. The third-order valence-corrected chi connectivity index (χ3v) is 4.23. The van der Waals surface area contributed by atoms with E-state index in [0.29, 0.717) is 0 Å². The molecule has 0 saturated carbocycles. The van der Waals surface area contributed by atoms with Crippen LogP contribution in [-0.2, 0) is 0 Å². The average molecular weight is 333 g/mol. The maximum atomic E-state index is 12.5. The molecule has 1 aliphatic heterocycles. The highest BCUT2D eigenvalue weighted by atomic mass is 35.5. The Balaban J connectivity index is 2.30. The number of nitrogens with zero attached hydrogens (tertiary/aromatic N) is 1. The van der Waals surface area contributed by atoms with Gasteiger partial charge < -0.3 is 15.2 Å². The molecule has 5 nitrogen and oxygen atoms in total. The summed E-state index contributed by atoms with van der Waals surface area (Å²) in [6, 6.07) is 1.35. The first-order valence-electron chi connectivity index (χ1n) is 6.79. The van der Waals surface area contributed by atoms with E-state index in [1.165, 1.54) is 13.2 Å². The van der Waals surface area contributed by atoms with Gasteiger partial charge in [0.1, 0.15) is 5.56 Å². The Hall–Kier alpha value is -1.17. The summed E-state index contributed by atoms with van der Waals surface area (Å²) < 4.78 is 5.13. The van der Waals surface area contributed by atoms with Crippen LogP contribution in [-0.4, -0.2) is 42.3 Å². The second-order valence-corrected chi connectivity index (χ2v) is 5.67. The number of benzene rings is 1. The maximum absolute atomic E-state index is 12.5. The molecule has 21 heavy (non-hydrogen) atoms. The number of aromatic hydroxyl groups is 1. The molecule has 1 aliphatic rings. The normalized spacial score (nSPS) is 18.8. The van der Waals surface area contributed by atoms with Crippen molar-refractivity contribution in [3.8, 4) is 11.5 Å². The predicted molar refractivity (Wildman–Crippen MR) is 82.4 cm³/mol. The van der Waals surface area contributed by atoms with Gasteiger partial charge in [-0.1, -0.05) is 30.1 Å². The van der Waals surface area contributed by atoms with Crippen LogP contribution in [0.3, 0.4) is 0 Å². The van der Waals surface area contributed by atoms with Gasteiger partial charge in [0, 0.05) is 6.54 Å². The van der Waals surface area contributed by atoms with Crippen molar-refractivity contribution in [3.63, 3.8) is 0 Å². The highest BCUT2D eigenvalue weighted by Crippen LogP contribution is 2.40. The number of methoxy groups -OCH3 is 1. The molecule has 1 saturated heterocycles. The molecule has 116 valence electrons. The van der Waals surface area contributed by atoms with Crippen molar-refractivity contribution in [1.82, 2.24) is 10.2 Å². The molecule has 0 aliphatic carbocycles. The Bertz CT molecular complexity index is 552. The third-order valence-electron chi connectivity index (χ3n) is 3.66. The van der Waals surface area contributed by atoms with Crippen LogP contribution < -0.4 is 10.1 Å². The van der Waals surface area contributed by atoms with Crippen molar-refractivity contribution in [2.45, 2.75) is 25.9 Å². The number of rotatable bonds is 4. The van der Waals surface area contributed by atoms with Gasteiger partial charge in [-0.3, -0.25) is 9.69 Å². The summed E-state index contributed by atoms with van der Waals surface area (Å²) in [7, 11) is 1.39. The lowest BCUT2D eigenvalue weighted by atomic mass is 10.1. The van der Waals surface area contributed by atoms with E-state index in [-0.39, 0.29) is 33.3 Å². The summed E-state index contributed by atoms with van der Waals surface area (Å²) in [6.07, 6.45) is 1.85. The number of phenols is 1. The molecular weight excluding hydrogens is 315 g/mol. The average Bonchev–Trinajstić information content (AvgIpc) is 2.89. The molecule has 1 fully saturated rings. The monoisotopic (exact) mass is 332 g/mol. The van der Waals surface area contributed by atoms with Crippen LogP contribution >= 0.6 is 23.2 Å². The number of hydrogen-bond donors (Lipinski definition) is 2. The summed E-state index contributed by atoms with van der Waals surface area (Å²) in [5.74, 6) is -0.646. The maximum Gasteiger partial charge on any atom is 0.260 e. The first-order valence-corrected chi connectivity index (χ1v) is 7.55. The molecule has 0 aromatic heterocycles. The number of nitrogens with one attached hydrogen (secondary N) is 1. The predicted octanol–water partition coefficient (Wildman–Crippen LogP) is 2.88. The van der Waals surface area contributed by atoms with Gasteiger partial charge in [0.25, 0.3) is 5.91 Å². The van der Waals surface area contributed by atoms with Gasteiger partial charge in [-0.2, -0.15) is 0 Å². The Kier molecular flexibility index (Phi) is 5.19. The molecule has 0 radical (unpaired) electrons. The van der Waals surface area contributed by atoms with Crippen molar-refractivity contribution >= 4 is 29.1 Å². The summed E-state index contributed by atoms with van der Waals surface area (Å²) in [4.78, 5) is 14.6. The molecule has 2 N–H and O–H groups in total. The zero-order chi connectivity index (χ0) is 15.6. The van der Waals surface area contributed by atoms with Crippen molar-refractivity contribution in [1.29, 1.82) is 0 Å². The van der Waals surface area contributed by atoms with Gasteiger partial charge in [-0.05, 0) is 25.5 Å². The van der Waals surface area contributed by atoms with E-state index in [4.69, 9.17) is 27.9 Å². The van der Waals surface area contributed by atoms with Crippen molar-refractivity contribution in [2.24, 2.45) is 0 Å². The van der Waals surface area contributed by atoms with E-state index >= 15 is 0 Å². The molecule has 1 aromatic carbocycles. The number of hydrogen-bond acceptors (Lipinski definition) is 4. The van der Waals surface area contributed by atoms with Crippen molar-refractivity contribution in [2.75, 3.05) is 20.2 Å². The van der Waals surface area contributed by atoms with Gasteiger partial charge in [-0.25, -0.2) is 0 Å². The largest absolute Gasteiger partial charge is 0.505 e. The molecule has 2 rings (SSSR count). The number of carbonyl (C=O) groups is 1. The molecule has 0 spiro atoms. The zero-order valence-corrected chi connectivity index (χ0v) is 13.5. The van der Waals surface area contributed by atoms with Gasteiger partial charge in [-0.15, -0.1) is 0 Å². The van der Waals surface area contributed by atoms with Crippen LogP contribution in [0, 0.1) is 0 Å². The van der Waals surface area contributed by atoms with Crippen molar-refractivity contribution < 1.29 is 14.6 Å². The molecule has 1 heterocycles. The van der Waals surface area contributed by atoms with E-state index in [1.54, 1.807) is 0 Å². The van der Waals surface area contributed by atoms with Gasteiger partial charge in [0.2, 0.25) is 0 Å². The summed E-state index contributed by atoms with van der Waals surface area (Å²) in [5, 5.41) is 13.2. The fourth-order valence-corrected chi connectivity index (χ4v) is 3.13. The minimum absolute atomic E-state index is 0.0183. The Morgan fingerprint density at radius 2 is 2.24 bits per heavy atom. The third kappa shape index (κ3) is 3.20. The van der Waals surface area contributed by atoms with Crippen LogP contribution in [0.1, 0.15) is 30.1 Å². The van der Waals surface area contributed by atoms with Crippen LogP contribution in [0.4, 0.5) is 0 Å². The van der Waals surface area contributed by atoms with Crippen LogP contribution in [0.15, 0.2) is 6.07 Å². The quantitative estimate of drug-likeness (QED) is 0.889. The lowest BCUT2D eigenvalue weighted by molar-refractivity contribution is 0.0884. The highest BCUT2D eigenvalue weighted by molar-refractivity contribution is 6.37. The zero-order valence-electron chi connectivity index (χ0n) is 11.9. The fourth-order valence-electron chi connectivity index (χ4n) is 2.59. The Labute approximate surface area is 133 Å². The number of carbonyl (C=O) groups excluding carboxylic acids is 1. The molecule has 0 unspecified atom stereocenters. The smallest absolute Gasteiger partial charge is 0.260 e. The van der Waals surface area contributed by atoms with E-state index in [1.807, 2.05) is 6.92 Å². The van der Waals surface area contributed by atoms with Gasteiger partial charge in [0.05, 0.1) is 23.3 Å². The summed E-state index contributed by atoms with van der Waals surface area (Å²) in [5.41, 5.74) is -0.0297. The number of likely N-dealkylation sites (tertiary alicyclic amines) is 1. The first kappa shape index (κ1) is 16.2. The van der Waals surface area contributed by atoms with E-state index in [2.05, 4.69) is 10.2 Å². The van der Waals surface area contributed by atoms with Crippen LogP contribution in [0.2, 0.25) is 10.0 Å². The van der Waals surface area contributed by atoms with Crippen molar-refractivity contribution in [3.05, 3.63) is 21.7 Å². The topological polar surface area (TPSA) is 61.8 Å². The Morgan fingerprint density at radius 3 is 2.86 bits per heavy atom. The van der Waals surface area contributed by atoms with E-state index in [0.717, 1.165) is 25.9 Å². The highest BCUT2D eigenvalue weighted by Gasteiger charge is 2.29. The standard InChI is InChI=1S/C14H18Cl2N2O3/c1-3-18-6-4-5-10(18)17-14(20)11-12(19)8(15)7-9(16)13(11)21-2/h7,10,19H,3-6H2,1-2H3,(H,17,20)/t10-/m0/s1. The molecule has 1 aromatic rings. The lowest BCUT2D eigenvalue weighted by Gasteiger charge is -2.24. The molecular formula is C14H18Cl2N2O3. The first-order chi connectivity index (χ1) is 9.99. The minimum Gasteiger partial charge on any atom is -0.505 e. The van der Waals surface area contributed by atoms with Gasteiger partial charge >= 0.3 is 0 Å². The minimum atomic E-state index is -0.445. The van der Waals surface area contributed by atoms with Crippen LogP contribution in [0.5, 0.6) is 11.5 Å². The second-order valence-electron chi connectivity index (χ2n) is 4.86. The Morgan fingerprint density at radius 1 is 1.52 bits per heavy atom.